The Balaban J connectivity index is 1.52. The van der Waals surface area contributed by atoms with E-state index < -0.39 is 22.9 Å². The third-order valence-corrected chi connectivity index (χ3v) is 3.87. The highest BCUT2D eigenvalue weighted by molar-refractivity contribution is 5.92. The molecule has 1 N–H and O–H groups in total. The number of rotatable bonds is 6. The second-order valence-electron chi connectivity index (χ2n) is 5.76. The zero-order valence-corrected chi connectivity index (χ0v) is 14.3. The monoisotopic (exact) mass is 372 g/mol. The molecule has 0 saturated heterocycles. The fraction of sp³-hybridized carbons (Fsp3) is 0.222. The van der Waals surface area contributed by atoms with E-state index in [1.807, 2.05) is 0 Å². The minimum atomic E-state index is -1.03. The van der Waals surface area contributed by atoms with Crippen molar-refractivity contribution in [3.8, 4) is 11.5 Å². The van der Waals surface area contributed by atoms with E-state index >= 15 is 0 Å². The van der Waals surface area contributed by atoms with E-state index in [9.17, 15) is 19.7 Å². The molecule has 140 valence electrons. The number of nitrogens with one attached hydrogen (secondary N) is 1. The molecule has 0 spiro atoms. The molecule has 0 aliphatic carbocycles. The van der Waals surface area contributed by atoms with Crippen LogP contribution in [0.5, 0.6) is 11.5 Å². The van der Waals surface area contributed by atoms with Crippen LogP contribution < -0.4 is 14.8 Å². The first-order chi connectivity index (χ1) is 12.9. The summed E-state index contributed by atoms with van der Waals surface area (Å²) in [4.78, 5) is 34.2. The van der Waals surface area contributed by atoms with Crippen molar-refractivity contribution in [3.05, 3.63) is 63.7 Å². The van der Waals surface area contributed by atoms with Crippen molar-refractivity contribution in [2.24, 2.45) is 0 Å². The first-order valence-electron chi connectivity index (χ1n) is 8.05. The number of amides is 1. The molecule has 1 aliphatic rings. The lowest BCUT2D eigenvalue weighted by Gasteiger charge is -2.13. The van der Waals surface area contributed by atoms with E-state index in [4.69, 9.17) is 14.2 Å². The quantitative estimate of drug-likeness (QED) is 0.469. The number of esters is 1. The number of ether oxygens (including phenoxy) is 3. The molecule has 1 atom stereocenters. The van der Waals surface area contributed by atoms with Gasteiger partial charge in [0, 0.05) is 18.7 Å². The number of hydrogen-bond donors (Lipinski definition) is 1. The lowest BCUT2D eigenvalue weighted by Crippen LogP contribution is -2.35. The first-order valence-corrected chi connectivity index (χ1v) is 8.05. The van der Waals surface area contributed by atoms with Crippen LogP contribution in [0.4, 0.5) is 5.69 Å². The van der Waals surface area contributed by atoms with Crippen molar-refractivity contribution < 1.29 is 28.7 Å². The van der Waals surface area contributed by atoms with Gasteiger partial charge in [-0.05, 0) is 36.8 Å². The molecular weight excluding hydrogens is 356 g/mol. The number of carbonyl (C=O) groups excluding carboxylic acids is 2. The third-order valence-electron chi connectivity index (χ3n) is 3.87. The Hall–Kier alpha value is -3.62. The Labute approximate surface area is 154 Å². The van der Waals surface area contributed by atoms with Gasteiger partial charge in [0.2, 0.25) is 6.79 Å². The smallest absolute Gasteiger partial charge is 0.338 e. The summed E-state index contributed by atoms with van der Waals surface area (Å²) in [5.41, 5.74) is 0.790. The van der Waals surface area contributed by atoms with Gasteiger partial charge in [-0.25, -0.2) is 4.79 Å². The fourth-order valence-corrected chi connectivity index (χ4v) is 2.39. The van der Waals surface area contributed by atoms with Gasteiger partial charge in [0.1, 0.15) is 0 Å². The molecule has 2 aromatic carbocycles. The summed E-state index contributed by atoms with van der Waals surface area (Å²) in [5.74, 6) is 0.0495. The van der Waals surface area contributed by atoms with Crippen molar-refractivity contribution in [1.29, 1.82) is 0 Å². The van der Waals surface area contributed by atoms with E-state index in [1.165, 1.54) is 31.2 Å². The SMILES string of the molecule is C[C@H](OC(=O)c1ccc([N+](=O)[O-])cc1)C(=O)NCc1ccc2c(c1)OCO2. The van der Waals surface area contributed by atoms with Gasteiger partial charge in [0.15, 0.2) is 17.6 Å². The maximum Gasteiger partial charge on any atom is 0.338 e. The van der Waals surface area contributed by atoms with Gasteiger partial charge in [-0.1, -0.05) is 6.07 Å². The van der Waals surface area contributed by atoms with Crippen LogP contribution in [0.25, 0.3) is 0 Å². The Morgan fingerprint density at radius 1 is 1.19 bits per heavy atom. The summed E-state index contributed by atoms with van der Waals surface area (Å²) in [6.45, 7) is 1.84. The molecule has 0 radical (unpaired) electrons. The number of carbonyl (C=O) groups is 2. The maximum absolute atomic E-state index is 12.1. The first kappa shape index (κ1) is 18.2. The summed E-state index contributed by atoms with van der Waals surface area (Å²) >= 11 is 0. The Morgan fingerprint density at radius 2 is 1.89 bits per heavy atom. The van der Waals surface area contributed by atoms with Gasteiger partial charge in [-0.3, -0.25) is 14.9 Å². The second-order valence-corrected chi connectivity index (χ2v) is 5.76. The molecule has 0 aromatic heterocycles. The largest absolute Gasteiger partial charge is 0.454 e. The molecule has 0 saturated carbocycles. The number of nitrogens with zero attached hydrogens (tertiary/aromatic N) is 1. The van der Waals surface area contributed by atoms with Crippen LogP contribution >= 0.6 is 0 Å². The zero-order chi connectivity index (χ0) is 19.4. The highest BCUT2D eigenvalue weighted by atomic mass is 16.7. The molecule has 9 heteroatoms. The molecule has 9 nitrogen and oxygen atoms in total. The Kier molecular flexibility index (Phi) is 5.20. The predicted molar refractivity (Wildman–Crippen MR) is 92.4 cm³/mol. The van der Waals surface area contributed by atoms with Gasteiger partial charge < -0.3 is 19.5 Å². The van der Waals surface area contributed by atoms with E-state index in [2.05, 4.69) is 5.32 Å². The van der Waals surface area contributed by atoms with E-state index in [-0.39, 0.29) is 24.6 Å². The molecule has 0 bridgehead atoms. The average Bonchev–Trinajstić information content (AvgIpc) is 3.13. The highest BCUT2D eigenvalue weighted by Gasteiger charge is 2.20. The molecule has 27 heavy (non-hydrogen) atoms. The van der Waals surface area contributed by atoms with E-state index in [0.29, 0.717) is 11.5 Å². The van der Waals surface area contributed by atoms with Crippen LogP contribution in [0.3, 0.4) is 0 Å². The number of non-ortho nitro benzene ring substituents is 1. The average molecular weight is 372 g/mol. The topological polar surface area (TPSA) is 117 Å². The summed E-state index contributed by atoms with van der Waals surface area (Å²) < 4.78 is 15.6. The summed E-state index contributed by atoms with van der Waals surface area (Å²) in [6, 6.07) is 10.2. The molecule has 2 aromatic rings. The van der Waals surface area contributed by atoms with E-state index in [1.54, 1.807) is 18.2 Å². The summed E-state index contributed by atoms with van der Waals surface area (Å²) in [5, 5.41) is 13.3. The van der Waals surface area contributed by atoms with Gasteiger partial charge >= 0.3 is 5.97 Å². The highest BCUT2D eigenvalue weighted by Crippen LogP contribution is 2.32. The lowest BCUT2D eigenvalue weighted by molar-refractivity contribution is -0.384. The molecule has 0 fully saturated rings. The number of fused-ring (bicyclic) bond motifs is 1. The van der Waals surface area contributed by atoms with Crippen molar-refractivity contribution in [2.45, 2.75) is 19.6 Å². The second kappa shape index (κ2) is 7.73. The van der Waals surface area contributed by atoms with Crippen LogP contribution in [-0.2, 0) is 16.1 Å². The van der Waals surface area contributed by atoms with Crippen LogP contribution in [-0.4, -0.2) is 29.7 Å². The summed E-state index contributed by atoms with van der Waals surface area (Å²) in [7, 11) is 0. The summed E-state index contributed by atoms with van der Waals surface area (Å²) in [6.07, 6.45) is -1.03. The predicted octanol–water partition coefficient (Wildman–Crippen LogP) is 2.19. The molecule has 0 unspecified atom stereocenters. The Bertz CT molecular complexity index is 880. The maximum atomic E-state index is 12.1. The van der Waals surface area contributed by atoms with Crippen LogP contribution in [0.2, 0.25) is 0 Å². The van der Waals surface area contributed by atoms with Gasteiger partial charge in [-0.15, -0.1) is 0 Å². The number of nitro benzene ring substituents is 1. The molecule has 1 aliphatic heterocycles. The standard InChI is InChI=1S/C18H16N2O7/c1-11(27-18(22)13-3-5-14(6-4-13)20(23)24)17(21)19-9-12-2-7-15-16(8-12)26-10-25-15/h2-8,11H,9-10H2,1H3,(H,19,21)/t11-/m0/s1. The van der Waals surface area contributed by atoms with Gasteiger partial charge in [-0.2, -0.15) is 0 Å². The molecule has 1 heterocycles. The molecule has 3 rings (SSSR count). The molecular formula is C18H16N2O7. The number of benzene rings is 2. The zero-order valence-electron chi connectivity index (χ0n) is 14.3. The molecule has 1 amide bonds. The lowest BCUT2D eigenvalue weighted by atomic mass is 10.2. The van der Waals surface area contributed by atoms with E-state index in [0.717, 1.165) is 5.56 Å². The van der Waals surface area contributed by atoms with Crippen LogP contribution in [0.15, 0.2) is 42.5 Å². The van der Waals surface area contributed by atoms with Crippen molar-refractivity contribution in [1.82, 2.24) is 5.32 Å². The number of hydrogen-bond acceptors (Lipinski definition) is 7. The number of nitro groups is 1. The van der Waals surface area contributed by atoms with Gasteiger partial charge in [0.05, 0.1) is 10.5 Å². The van der Waals surface area contributed by atoms with Crippen molar-refractivity contribution >= 4 is 17.6 Å². The Morgan fingerprint density at radius 3 is 2.59 bits per heavy atom. The minimum absolute atomic E-state index is 0.121. The normalized spacial score (nSPS) is 12.9. The van der Waals surface area contributed by atoms with Crippen molar-refractivity contribution in [3.63, 3.8) is 0 Å². The van der Waals surface area contributed by atoms with Crippen LogP contribution in [0, 0.1) is 10.1 Å². The fourth-order valence-electron chi connectivity index (χ4n) is 2.39. The van der Waals surface area contributed by atoms with Crippen molar-refractivity contribution in [2.75, 3.05) is 6.79 Å². The third kappa shape index (κ3) is 4.32. The van der Waals surface area contributed by atoms with Gasteiger partial charge in [0.25, 0.3) is 11.6 Å². The minimum Gasteiger partial charge on any atom is -0.454 e. The van der Waals surface area contributed by atoms with Crippen LogP contribution in [0.1, 0.15) is 22.8 Å².